The molecule has 0 unspecified atom stereocenters. The molecule has 0 aromatic rings. The molecule has 0 bridgehead atoms. The Morgan fingerprint density at radius 1 is 0.571 bits per heavy atom. The average molecular weight is 347 g/mol. The van der Waals surface area contributed by atoms with Crippen LogP contribution in [0.15, 0.2) is 0 Å². The zero-order valence-corrected chi connectivity index (χ0v) is 15.9. The van der Waals surface area contributed by atoms with E-state index in [2.05, 4.69) is 0 Å². The van der Waals surface area contributed by atoms with Gasteiger partial charge in [-0.15, -0.1) is 12.4 Å². The van der Waals surface area contributed by atoms with Crippen LogP contribution in [0.2, 0.25) is 0 Å². The maximum atomic E-state index is 8.55. The molecule has 0 fully saturated rings. The van der Waals surface area contributed by atoms with Crippen molar-refractivity contribution >= 4 is 141 Å². The maximum absolute atomic E-state index is 8.55. The Hall–Kier alpha value is 4.29. The first-order valence-electron chi connectivity index (χ1n) is 1.46. The van der Waals surface area contributed by atoms with Gasteiger partial charge in [-0.3, -0.25) is 0 Å². The minimum atomic E-state index is -5.39. The molecule has 0 aliphatic carbocycles. The molecule has 0 aliphatic rings. The zero-order valence-electron chi connectivity index (χ0n) is 6.69. The van der Waals surface area contributed by atoms with Crippen LogP contribution in [0.1, 0.15) is 0 Å². The number of phosphoric acid groups is 2. The van der Waals surface area contributed by atoms with Crippen molar-refractivity contribution in [2.24, 2.45) is 0 Å². The third-order valence-electron chi connectivity index (χ3n) is 0. The van der Waals surface area contributed by atoms with Gasteiger partial charge in [0.15, 0.2) is 0 Å². The van der Waals surface area contributed by atoms with E-state index >= 15 is 0 Å². The fourth-order valence-electron chi connectivity index (χ4n) is 0. The van der Waals surface area contributed by atoms with Crippen LogP contribution in [-0.2, 0) is 9.13 Å². The fourth-order valence-corrected chi connectivity index (χ4v) is 0. The van der Waals surface area contributed by atoms with E-state index in [0.717, 1.165) is 0 Å². The first kappa shape index (κ1) is 36.2. The van der Waals surface area contributed by atoms with Crippen LogP contribution in [0.5, 0.6) is 0 Å². The Balaban J connectivity index is -0.0000000178. The number of halogens is 1. The van der Waals surface area contributed by atoms with Gasteiger partial charge in [0.25, 0.3) is 0 Å². The van der Waals surface area contributed by atoms with Crippen LogP contribution < -0.4 is 29.4 Å². The van der Waals surface area contributed by atoms with Crippen LogP contribution >= 0.6 is 28.1 Å². The minimum absolute atomic E-state index is 0. The molecule has 0 radical (unpaired) electrons. The predicted molar refractivity (Wildman–Crippen MR) is 39.7 cm³/mol. The van der Waals surface area contributed by atoms with Gasteiger partial charge in [-0.05, 0) is 0 Å². The molecule has 0 saturated carbocycles. The van der Waals surface area contributed by atoms with Crippen molar-refractivity contribution in [2.45, 2.75) is 0 Å². The molecule has 0 aromatic heterocycles. The van der Waals surface area contributed by atoms with Crippen LogP contribution in [-0.4, -0.2) is 113 Å². The Bertz CT molecular complexity index is 135. The van der Waals surface area contributed by atoms with E-state index in [9.17, 15) is 0 Å². The Morgan fingerprint density at radius 3 is 0.571 bits per heavy atom. The second kappa shape index (κ2) is 17.3. The van der Waals surface area contributed by atoms with E-state index in [1.54, 1.807) is 0 Å². The third kappa shape index (κ3) is 207. The molecule has 14 heavy (non-hydrogen) atoms. The van der Waals surface area contributed by atoms with Crippen molar-refractivity contribution in [3.05, 3.63) is 0 Å². The van der Waals surface area contributed by atoms with Gasteiger partial charge in [-0.1, -0.05) is 0 Å². The van der Waals surface area contributed by atoms with Gasteiger partial charge in [-0.2, -0.15) is 15.6 Å². The molecule has 72 valence electrons. The van der Waals surface area contributed by atoms with Crippen LogP contribution in [0.25, 0.3) is 0 Å². The second-order valence-electron chi connectivity index (χ2n) is 0.894. The molecule has 14 heteroatoms. The molecule has 0 spiro atoms. The maximum Gasteiger partial charge on any atom is 2.00 e. The molecule has 0 amide bonds. The van der Waals surface area contributed by atoms with Crippen molar-refractivity contribution in [3.63, 3.8) is 0 Å². The van der Waals surface area contributed by atoms with E-state index in [1.807, 2.05) is 0 Å². The van der Waals surface area contributed by atoms with E-state index in [4.69, 9.17) is 38.5 Å². The molecule has 0 atom stereocenters. The van der Waals surface area contributed by atoms with Crippen molar-refractivity contribution < 1.29 is 38.5 Å². The summed E-state index contributed by atoms with van der Waals surface area (Å²) < 4.78 is 17.1. The van der Waals surface area contributed by atoms with Crippen LogP contribution in [0.4, 0.5) is 0 Å². The minimum Gasteiger partial charge on any atom is -0.822 e. The summed E-state index contributed by atoms with van der Waals surface area (Å²) in [6.45, 7) is 0. The van der Waals surface area contributed by atoms with Gasteiger partial charge in [0.2, 0.25) is 0 Å². The summed E-state index contributed by atoms with van der Waals surface area (Å²) in [7, 11) is -10.8. The van der Waals surface area contributed by atoms with Gasteiger partial charge in [0, 0.05) is 0 Å². The summed E-state index contributed by atoms with van der Waals surface area (Å²) in [6.07, 6.45) is 0. The van der Waals surface area contributed by atoms with Crippen molar-refractivity contribution in [2.75, 3.05) is 0 Å². The van der Waals surface area contributed by atoms with Gasteiger partial charge in [-0.25, -0.2) is 0 Å². The Labute approximate surface area is 176 Å². The van der Waals surface area contributed by atoms with Crippen molar-refractivity contribution in [3.8, 4) is 0 Å². The summed E-state index contributed by atoms with van der Waals surface area (Å²) in [5.74, 6) is 0. The normalized spacial score (nSPS) is 8.43. The zero-order chi connectivity index (χ0) is 9.00. The van der Waals surface area contributed by atoms with Crippen molar-refractivity contribution in [1.29, 1.82) is 0 Å². The van der Waals surface area contributed by atoms with Crippen LogP contribution in [0.3, 0.4) is 0 Å². The molecule has 0 rings (SSSR count). The summed E-state index contributed by atoms with van der Waals surface area (Å²) >= 11 is 0. The first-order chi connectivity index (χ1) is 4.00. The summed E-state index contributed by atoms with van der Waals surface area (Å²) in [5, 5.41) is 0. The summed E-state index contributed by atoms with van der Waals surface area (Å²) in [4.78, 5) is 51.3. The SMILES string of the molecule is Cl.O=P([O-])([O-])[O-].O=P([O-])([O-])[O-].[Ca+2].[Ca+2].[Ca+2]. The largest absolute Gasteiger partial charge is 2.00 e. The van der Waals surface area contributed by atoms with E-state index in [-0.39, 0.29) is 126 Å². The quantitative estimate of drug-likeness (QED) is 0.307. The average Bonchev–Trinajstić information content (AvgIpc) is 1.12. The van der Waals surface area contributed by atoms with Gasteiger partial charge >= 0.3 is 113 Å². The number of hydrogen-bond donors (Lipinski definition) is 0. The molecule has 0 aliphatic heterocycles. The Kier molecular flexibility index (Phi) is 44.7. The Morgan fingerprint density at radius 2 is 0.571 bits per heavy atom. The van der Waals surface area contributed by atoms with Crippen LogP contribution in [0, 0.1) is 0 Å². The van der Waals surface area contributed by atoms with E-state index in [1.165, 1.54) is 0 Å². The number of hydrogen-bond acceptors (Lipinski definition) is 8. The standard InChI is InChI=1S/3Ca.ClH.2H3O4P/c;;;;2*1-5(2,3)4/h;;;1H;2*(H3,1,2,3,4)/q3*+2;;;/p-6. The second-order valence-corrected chi connectivity index (χ2v) is 2.68. The topological polar surface area (TPSA) is 172 Å². The van der Waals surface area contributed by atoms with Gasteiger partial charge in [0.05, 0.1) is 0 Å². The number of rotatable bonds is 0. The van der Waals surface area contributed by atoms with E-state index in [0.29, 0.717) is 0 Å². The van der Waals surface area contributed by atoms with Gasteiger partial charge < -0.3 is 38.5 Å². The summed E-state index contributed by atoms with van der Waals surface area (Å²) in [6, 6.07) is 0. The third-order valence-corrected chi connectivity index (χ3v) is 0. The molecule has 0 saturated heterocycles. The molecule has 0 heterocycles. The van der Waals surface area contributed by atoms with E-state index < -0.39 is 15.6 Å². The smallest absolute Gasteiger partial charge is 0.822 e. The molecule has 0 aromatic carbocycles. The predicted octanol–water partition coefficient (Wildman–Crippen LogP) is -6.37. The fraction of sp³-hybridized carbons (Fsp3) is 0. The molecule has 8 nitrogen and oxygen atoms in total. The molecular formula is HCa3ClO8P2. The van der Waals surface area contributed by atoms with Gasteiger partial charge in [0.1, 0.15) is 0 Å². The summed E-state index contributed by atoms with van der Waals surface area (Å²) in [5.41, 5.74) is 0. The molecular weight excluding hydrogens is 346 g/mol. The van der Waals surface area contributed by atoms with Crippen molar-refractivity contribution in [1.82, 2.24) is 0 Å². The first-order valence-corrected chi connectivity index (χ1v) is 4.38. The monoisotopic (exact) mass is 346 g/mol. The molecule has 0 N–H and O–H groups in total.